The van der Waals surface area contributed by atoms with E-state index in [2.05, 4.69) is 10.2 Å². The van der Waals surface area contributed by atoms with E-state index < -0.39 is 15.6 Å². The number of halogens is 3. The molecule has 0 aliphatic carbocycles. The lowest BCUT2D eigenvalue weighted by molar-refractivity contribution is 0.211. The van der Waals surface area contributed by atoms with Crippen LogP contribution in [0.25, 0.3) is 0 Å². The Labute approximate surface area is 163 Å². The number of benzene rings is 2. The van der Waals surface area contributed by atoms with Crippen LogP contribution in [0.15, 0.2) is 53.4 Å². The first-order chi connectivity index (χ1) is 12.9. The maximum absolute atomic E-state index is 12.9. The minimum atomic E-state index is -4.63. The highest BCUT2D eigenvalue weighted by molar-refractivity contribution is 7.91. The van der Waals surface area contributed by atoms with E-state index in [-0.39, 0.29) is 16.6 Å². The van der Waals surface area contributed by atoms with Crippen LogP contribution < -0.4 is 5.32 Å². The van der Waals surface area contributed by atoms with Crippen molar-refractivity contribution in [2.75, 3.05) is 18.4 Å². The Balaban J connectivity index is 1.61. The van der Waals surface area contributed by atoms with Crippen LogP contribution in [0.3, 0.4) is 0 Å². The van der Waals surface area contributed by atoms with Crippen molar-refractivity contribution in [1.29, 1.82) is 0 Å². The fraction of sp³-hybridized carbons (Fsp3) is 0.368. The Bertz CT molecular complexity index is 868. The number of anilines is 1. The summed E-state index contributed by atoms with van der Waals surface area (Å²) in [7, 11) is -4.63. The van der Waals surface area contributed by atoms with Gasteiger partial charge in [-0.25, -0.2) is 8.42 Å². The molecule has 1 saturated heterocycles. The molecule has 0 saturated carbocycles. The SMILES string of the molecule is O=S(=O)(c1ccccc1NC1CCN(Cc2ccc(Cl)cc2)CC1)C(F)F. The molecule has 1 fully saturated rings. The summed E-state index contributed by atoms with van der Waals surface area (Å²) in [6, 6.07) is 13.6. The molecule has 8 heteroatoms. The molecule has 27 heavy (non-hydrogen) atoms. The summed E-state index contributed by atoms with van der Waals surface area (Å²) in [6.07, 6.45) is 1.60. The van der Waals surface area contributed by atoms with Crippen LogP contribution in [-0.2, 0) is 16.4 Å². The highest BCUT2D eigenvalue weighted by Crippen LogP contribution is 2.28. The number of hydrogen-bond donors (Lipinski definition) is 1. The third-order valence-electron chi connectivity index (χ3n) is 4.69. The van der Waals surface area contributed by atoms with Gasteiger partial charge in [0.05, 0.1) is 10.6 Å². The monoisotopic (exact) mass is 414 g/mol. The Morgan fingerprint density at radius 3 is 2.33 bits per heavy atom. The van der Waals surface area contributed by atoms with Gasteiger partial charge < -0.3 is 5.32 Å². The number of hydrogen-bond acceptors (Lipinski definition) is 4. The topological polar surface area (TPSA) is 49.4 Å². The van der Waals surface area contributed by atoms with Crippen molar-refractivity contribution < 1.29 is 17.2 Å². The van der Waals surface area contributed by atoms with E-state index >= 15 is 0 Å². The molecule has 1 aliphatic heterocycles. The molecule has 0 bridgehead atoms. The molecule has 0 radical (unpaired) electrons. The number of sulfone groups is 1. The molecule has 0 amide bonds. The van der Waals surface area contributed by atoms with Gasteiger partial charge in [-0.15, -0.1) is 0 Å². The van der Waals surface area contributed by atoms with Gasteiger partial charge in [-0.2, -0.15) is 8.78 Å². The average molecular weight is 415 g/mol. The Morgan fingerprint density at radius 2 is 1.70 bits per heavy atom. The second kappa shape index (κ2) is 8.54. The van der Waals surface area contributed by atoms with Gasteiger partial charge in [-0.3, -0.25) is 4.90 Å². The van der Waals surface area contributed by atoms with Crippen LogP contribution in [0, 0.1) is 0 Å². The molecule has 3 rings (SSSR count). The summed E-state index contributed by atoms with van der Waals surface area (Å²) in [5, 5.41) is 3.85. The van der Waals surface area contributed by atoms with Crippen LogP contribution in [0.2, 0.25) is 5.02 Å². The minimum absolute atomic E-state index is 0.0421. The van der Waals surface area contributed by atoms with Gasteiger partial charge in [0, 0.05) is 30.7 Å². The van der Waals surface area contributed by atoms with E-state index in [1.807, 2.05) is 24.3 Å². The number of rotatable bonds is 6. The second-order valence-corrected chi connectivity index (χ2v) is 8.95. The van der Waals surface area contributed by atoms with E-state index in [9.17, 15) is 17.2 Å². The lowest BCUT2D eigenvalue weighted by atomic mass is 10.0. The summed E-state index contributed by atoms with van der Waals surface area (Å²) in [5.41, 5.74) is 1.42. The molecule has 1 aliphatic rings. The van der Waals surface area contributed by atoms with Crippen LogP contribution in [0.5, 0.6) is 0 Å². The molecule has 0 aromatic heterocycles. The van der Waals surface area contributed by atoms with Gasteiger partial charge in [0.1, 0.15) is 0 Å². The molecule has 1 N–H and O–H groups in total. The second-order valence-electron chi connectivity index (χ2n) is 6.62. The number of piperidine rings is 1. The third-order valence-corrected chi connectivity index (χ3v) is 6.38. The number of nitrogens with zero attached hydrogens (tertiary/aromatic N) is 1. The zero-order chi connectivity index (χ0) is 19.4. The summed E-state index contributed by atoms with van der Waals surface area (Å²) < 4.78 is 49.6. The molecule has 2 aromatic rings. The summed E-state index contributed by atoms with van der Waals surface area (Å²) in [6.45, 7) is 2.49. The molecule has 2 aromatic carbocycles. The Hall–Kier alpha value is -1.70. The molecule has 146 valence electrons. The zero-order valence-electron chi connectivity index (χ0n) is 14.6. The molecule has 0 spiro atoms. The average Bonchev–Trinajstić information content (AvgIpc) is 2.65. The van der Waals surface area contributed by atoms with Crippen LogP contribution in [0.4, 0.5) is 14.5 Å². The Morgan fingerprint density at radius 1 is 1.07 bits per heavy atom. The lowest BCUT2D eigenvalue weighted by Crippen LogP contribution is -2.38. The van der Waals surface area contributed by atoms with Crippen molar-refractivity contribution in [2.45, 2.75) is 36.1 Å². The van der Waals surface area contributed by atoms with Gasteiger partial charge in [0.2, 0.25) is 9.84 Å². The van der Waals surface area contributed by atoms with E-state index in [4.69, 9.17) is 11.6 Å². The van der Waals surface area contributed by atoms with E-state index in [0.717, 1.165) is 32.5 Å². The van der Waals surface area contributed by atoms with Crippen LogP contribution in [0.1, 0.15) is 18.4 Å². The highest BCUT2D eigenvalue weighted by atomic mass is 35.5. The zero-order valence-corrected chi connectivity index (χ0v) is 16.2. The van der Waals surface area contributed by atoms with Gasteiger partial charge in [-0.05, 0) is 42.7 Å². The first kappa shape index (κ1) is 20.0. The van der Waals surface area contributed by atoms with Crippen molar-refractivity contribution >= 4 is 27.1 Å². The first-order valence-corrected chi connectivity index (χ1v) is 10.6. The minimum Gasteiger partial charge on any atom is -0.381 e. The first-order valence-electron chi connectivity index (χ1n) is 8.70. The fourth-order valence-corrected chi connectivity index (χ4v) is 4.25. The molecular weight excluding hydrogens is 394 g/mol. The largest absolute Gasteiger partial charge is 0.381 e. The smallest absolute Gasteiger partial charge is 0.341 e. The van der Waals surface area contributed by atoms with Crippen LogP contribution in [-0.4, -0.2) is 38.2 Å². The van der Waals surface area contributed by atoms with Gasteiger partial charge >= 0.3 is 5.76 Å². The van der Waals surface area contributed by atoms with Crippen molar-refractivity contribution in [1.82, 2.24) is 4.90 Å². The van der Waals surface area contributed by atoms with E-state index in [1.165, 1.54) is 23.8 Å². The number of nitrogens with one attached hydrogen (secondary N) is 1. The summed E-state index contributed by atoms with van der Waals surface area (Å²) in [4.78, 5) is 1.96. The molecule has 4 nitrogen and oxygen atoms in total. The summed E-state index contributed by atoms with van der Waals surface area (Å²) >= 11 is 5.90. The molecule has 0 unspecified atom stereocenters. The third kappa shape index (κ3) is 4.97. The van der Waals surface area contributed by atoms with Crippen LogP contribution >= 0.6 is 11.6 Å². The quantitative estimate of drug-likeness (QED) is 0.760. The van der Waals surface area contributed by atoms with E-state index in [0.29, 0.717) is 5.02 Å². The summed E-state index contributed by atoms with van der Waals surface area (Å²) in [5.74, 6) is -3.43. The standard InChI is InChI=1S/C19H21ClF2N2O2S/c20-15-7-5-14(6-8-15)13-24-11-9-16(10-12-24)23-17-3-1-2-4-18(17)27(25,26)19(21)22/h1-8,16,19,23H,9-13H2. The van der Waals surface area contributed by atoms with Crippen molar-refractivity contribution in [3.8, 4) is 0 Å². The predicted molar refractivity (Wildman–Crippen MR) is 103 cm³/mol. The maximum Gasteiger partial charge on any atom is 0.341 e. The number of alkyl halides is 2. The van der Waals surface area contributed by atoms with Gasteiger partial charge in [-0.1, -0.05) is 35.9 Å². The maximum atomic E-state index is 12.9. The molecular formula is C19H21ClF2N2O2S. The van der Waals surface area contributed by atoms with E-state index in [1.54, 1.807) is 6.07 Å². The fourth-order valence-electron chi connectivity index (χ4n) is 3.23. The number of para-hydroxylation sites is 1. The molecule has 1 heterocycles. The lowest BCUT2D eigenvalue weighted by Gasteiger charge is -2.33. The molecule has 0 atom stereocenters. The van der Waals surface area contributed by atoms with Gasteiger partial charge in [0.15, 0.2) is 0 Å². The number of likely N-dealkylation sites (tertiary alicyclic amines) is 1. The predicted octanol–water partition coefficient (Wildman–Crippen LogP) is 4.41. The van der Waals surface area contributed by atoms with Crippen molar-refractivity contribution in [3.05, 3.63) is 59.1 Å². The van der Waals surface area contributed by atoms with Crippen molar-refractivity contribution in [2.24, 2.45) is 0 Å². The van der Waals surface area contributed by atoms with Crippen molar-refractivity contribution in [3.63, 3.8) is 0 Å². The Kier molecular flexibility index (Phi) is 6.34. The van der Waals surface area contributed by atoms with Gasteiger partial charge in [0.25, 0.3) is 0 Å². The normalized spacial score (nSPS) is 16.6. The highest BCUT2D eigenvalue weighted by Gasteiger charge is 2.30.